The molecule has 1 amide bonds. The van der Waals surface area contributed by atoms with E-state index < -0.39 is 21.6 Å². The summed E-state index contributed by atoms with van der Waals surface area (Å²) in [6, 6.07) is 12.5. The number of hydrogen-bond donors (Lipinski definition) is 2. The molecule has 1 unspecified atom stereocenters. The number of alkyl halides is 1. The first-order valence-electron chi connectivity index (χ1n) is 11.2. The third-order valence-corrected chi connectivity index (χ3v) is 7.94. The van der Waals surface area contributed by atoms with Crippen molar-refractivity contribution in [1.29, 1.82) is 0 Å². The van der Waals surface area contributed by atoms with Crippen LogP contribution in [-0.2, 0) is 14.8 Å². The maximum absolute atomic E-state index is 13.2. The summed E-state index contributed by atoms with van der Waals surface area (Å²) in [6.07, 6.45) is 3.03. The molecule has 2 N–H and O–H groups in total. The molecule has 0 saturated carbocycles. The van der Waals surface area contributed by atoms with Crippen LogP contribution in [0.2, 0.25) is 0 Å². The molecule has 0 spiro atoms. The molecular formula is C25H24ClN3O7S. The van der Waals surface area contributed by atoms with E-state index in [1.807, 2.05) is 0 Å². The average Bonchev–Trinajstić information content (AvgIpc) is 3.29. The SMILES string of the molecule is COc1ccc(C=CC(=O)N2CC(CCl)c3c2cc([N+](=O)[O-])c2cc(S(=O)(=O)NCCO)ccc32)cc1. The minimum atomic E-state index is -3.99. The van der Waals surface area contributed by atoms with Crippen molar-refractivity contribution >= 4 is 55.8 Å². The second kappa shape index (κ2) is 10.9. The van der Waals surface area contributed by atoms with Gasteiger partial charge in [-0.25, -0.2) is 13.1 Å². The first kappa shape index (κ1) is 26.6. The third-order valence-electron chi connectivity index (χ3n) is 6.11. The minimum Gasteiger partial charge on any atom is -0.497 e. The number of non-ortho nitro benzene ring substituents is 1. The monoisotopic (exact) mass is 545 g/mol. The molecule has 1 aliphatic rings. The van der Waals surface area contributed by atoms with E-state index in [2.05, 4.69) is 4.72 Å². The molecule has 4 rings (SSSR count). The smallest absolute Gasteiger partial charge is 0.279 e. The molecule has 37 heavy (non-hydrogen) atoms. The zero-order chi connectivity index (χ0) is 26.7. The predicted molar refractivity (Wildman–Crippen MR) is 141 cm³/mol. The van der Waals surface area contributed by atoms with E-state index in [9.17, 15) is 23.3 Å². The highest BCUT2D eigenvalue weighted by atomic mass is 35.5. The lowest BCUT2D eigenvalue weighted by Crippen LogP contribution is -2.28. The Morgan fingerprint density at radius 1 is 1.24 bits per heavy atom. The molecule has 1 aliphatic heterocycles. The highest BCUT2D eigenvalue weighted by Crippen LogP contribution is 2.46. The van der Waals surface area contributed by atoms with Gasteiger partial charge in [-0.3, -0.25) is 14.9 Å². The Bertz CT molecular complexity index is 1490. The molecule has 3 aromatic rings. The van der Waals surface area contributed by atoms with Crippen molar-refractivity contribution in [2.24, 2.45) is 0 Å². The van der Waals surface area contributed by atoms with Crippen LogP contribution >= 0.6 is 11.6 Å². The third kappa shape index (κ3) is 5.30. The van der Waals surface area contributed by atoms with Crippen LogP contribution in [0.1, 0.15) is 17.0 Å². The van der Waals surface area contributed by atoms with Gasteiger partial charge in [-0.15, -0.1) is 11.6 Å². The second-order valence-electron chi connectivity index (χ2n) is 8.32. The molecule has 194 valence electrons. The number of nitrogens with one attached hydrogen (secondary N) is 1. The van der Waals surface area contributed by atoms with Gasteiger partial charge in [-0.1, -0.05) is 18.2 Å². The number of hydrogen-bond acceptors (Lipinski definition) is 7. The van der Waals surface area contributed by atoms with Crippen molar-refractivity contribution in [3.8, 4) is 5.75 Å². The molecule has 0 bridgehead atoms. The van der Waals surface area contributed by atoms with Crippen molar-refractivity contribution in [3.63, 3.8) is 0 Å². The van der Waals surface area contributed by atoms with Gasteiger partial charge in [0.1, 0.15) is 5.75 Å². The van der Waals surface area contributed by atoms with E-state index in [1.165, 1.54) is 35.2 Å². The van der Waals surface area contributed by atoms with Crippen LogP contribution in [-0.4, -0.2) is 57.0 Å². The molecule has 10 nitrogen and oxygen atoms in total. The molecule has 3 aromatic carbocycles. The second-order valence-corrected chi connectivity index (χ2v) is 10.4. The van der Waals surface area contributed by atoms with Crippen molar-refractivity contribution in [2.75, 3.05) is 37.6 Å². The van der Waals surface area contributed by atoms with E-state index in [0.717, 1.165) is 5.56 Å². The van der Waals surface area contributed by atoms with Gasteiger partial charge in [0.05, 0.1) is 34.6 Å². The zero-order valence-corrected chi connectivity index (χ0v) is 21.3. The van der Waals surface area contributed by atoms with Gasteiger partial charge in [0.15, 0.2) is 0 Å². The summed E-state index contributed by atoms with van der Waals surface area (Å²) in [5.41, 5.74) is 1.45. The number of anilines is 1. The Morgan fingerprint density at radius 2 is 1.97 bits per heavy atom. The molecule has 0 radical (unpaired) electrons. The summed E-state index contributed by atoms with van der Waals surface area (Å²) >= 11 is 6.24. The van der Waals surface area contributed by atoms with E-state index in [-0.39, 0.29) is 46.8 Å². The first-order valence-corrected chi connectivity index (χ1v) is 13.3. The normalized spacial score (nSPS) is 15.3. The topological polar surface area (TPSA) is 139 Å². The van der Waals surface area contributed by atoms with Crippen LogP contribution in [0.3, 0.4) is 0 Å². The summed E-state index contributed by atoms with van der Waals surface area (Å²) < 4.78 is 32.5. The number of halogens is 1. The number of rotatable bonds is 9. The van der Waals surface area contributed by atoms with Crippen LogP contribution in [0.25, 0.3) is 16.8 Å². The Labute approximate surface area is 218 Å². The lowest BCUT2D eigenvalue weighted by Gasteiger charge is -2.16. The molecule has 0 fully saturated rings. The fraction of sp³-hybridized carbons (Fsp3) is 0.240. The maximum atomic E-state index is 13.2. The van der Waals surface area contributed by atoms with Crippen molar-refractivity contribution in [1.82, 2.24) is 4.72 Å². The van der Waals surface area contributed by atoms with Crippen LogP contribution in [0.15, 0.2) is 59.5 Å². The summed E-state index contributed by atoms with van der Waals surface area (Å²) in [6.45, 7) is -0.365. The number of methoxy groups -OCH3 is 1. The number of fused-ring (bicyclic) bond motifs is 3. The van der Waals surface area contributed by atoms with Crippen molar-refractivity contribution < 1.29 is 28.0 Å². The first-order chi connectivity index (χ1) is 17.7. The molecular weight excluding hydrogens is 522 g/mol. The number of carbonyl (C=O) groups is 1. The van der Waals surface area contributed by atoms with E-state index in [4.69, 9.17) is 21.4 Å². The molecule has 1 heterocycles. The quantitative estimate of drug-likeness (QED) is 0.182. The number of benzene rings is 3. The highest BCUT2D eigenvalue weighted by Gasteiger charge is 2.36. The molecule has 0 saturated heterocycles. The number of sulfonamides is 1. The Kier molecular flexibility index (Phi) is 7.79. The zero-order valence-electron chi connectivity index (χ0n) is 19.8. The Balaban J connectivity index is 1.78. The number of aliphatic hydroxyl groups is 1. The Hall–Kier alpha value is -3.51. The number of nitro groups is 1. The summed E-state index contributed by atoms with van der Waals surface area (Å²) in [4.78, 5) is 25.8. The van der Waals surface area contributed by atoms with E-state index >= 15 is 0 Å². The van der Waals surface area contributed by atoms with Gasteiger partial charge in [0.2, 0.25) is 10.0 Å². The van der Waals surface area contributed by atoms with Gasteiger partial charge in [0, 0.05) is 37.0 Å². The van der Waals surface area contributed by atoms with Gasteiger partial charge in [-0.05, 0) is 46.9 Å². The summed E-state index contributed by atoms with van der Waals surface area (Å²) in [7, 11) is -2.43. The van der Waals surface area contributed by atoms with Gasteiger partial charge in [-0.2, -0.15) is 0 Å². The van der Waals surface area contributed by atoms with Crippen LogP contribution in [0.4, 0.5) is 11.4 Å². The standard InChI is InChI=1S/C25H24ClN3O7S/c1-36-18-5-2-16(3-6-18)4-9-24(31)28-15-17(14-26)25-20-8-7-19(37(34,35)27-10-11-30)12-21(20)22(29(32)33)13-23(25)28/h2-9,12-13,17,27,30H,10-11,14-15H2,1H3. The van der Waals surface area contributed by atoms with E-state index in [0.29, 0.717) is 22.4 Å². The van der Waals surface area contributed by atoms with Crippen LogP contribution in [0, 0.1) is 10.1 Å². The summed E-state index contributed by atoms with van der Waals surface area (Å²) in [5.74, 6) is 0.157. The number of nitrogens with zero attached hydrogens (tertiary/aromatic N) is 2. The molecule has 1 atom stereocenters. The van der Waals surface area contributed by atoms with E-state index in [1.54, 1.807) is 37.5 Å². The van der Waals surface area contributed by atoms with Crippen molar-refractivity contribution in [3.05, 3.63) is 75.8 Å². The summed E-state index contributed by atoms with van der Waals surface area (Å²) in [5, 5.41) is 21.5. The van der Waals surface area contributed by atoms with Crippen LogP contribution < -0.4 is 14.4 Å². The van der Waals surface area contributed by atoms with Crippen LogP contribution in [0.5, 0.6) is 5.75 Å². The molecule has 0 aromatic heterocycles. The van der Waals surface area contributed by atoms with Gasteiger partial charge >= 0.3 is 0 Å². The fourth-order valence-electron chi connectivity index (χ4n) is 4.34. The Morgan fingerprint density at radius 3 is 2.59 bits per heavy atom. The number of carbonyl (C=O) groups excluding carboxylic acids is 1. The number of ether oxygens (including phenoxy) is 1. The minimum absolute atomic E-state index is 0.119. The fourth-order valence-corrected chi connectivity index (χ4v) is 5.64. The lowest BCUT2D eigenvalue weighted by molar-refractivity contribution is -0.383. The largest absolute Gasteiger partial charge is 0.497 e. The number of aliphatic hydroxyl groups excluding tert-OH is 1. The maximum Gasteiger partial charge on any atom is 0.279 e. The van der Waals surface area contributed by atoms with Gasteiger partial charge in [0.25, 0.3) is 11.6 Å². The predicted octanol–water partition coefficient (Wildman–Crippen LogP) is 3.41. The molecule has 12 heteroatoms. The molecule has 0 aliphatic carbocycles. The van der Waals surface area contributed by atoms with Gasteiger partial charge < -0.3 is 14.7 Å². The lowest BCUT2D eigenvalue weighted by atomic mass is 9.95. The number of amides is 1. The number of nitro benzene ring substituents is 1. The highest BCUT2D eigenvalue weighted by molar-refractivity contribution is 7.89. The van der Waals surface area contributed by atoms with Crippen molar-refractivity contribution in [2.45, 2.75) is 10.8 Å². The average molecular weight is 546 g/mol.